The molecule has 2 aromatic rings. The second-order valence-electron chi connectivity index (χ2n) is 7.92. The third-order valence-corrected chi connectivity index (χ3v) is 5.12. The van der Waals surface area contributed by atoms with Gasteiger partial charge in [0.15, 0.2) is 0 Å². The van der Waals surface area contributed by atoms with Gasteiger partial charge in [-0.3, -0.25) is 9.59 Å². The quantitative estimate of drug-likeness (QED) is 0.828. The van der Waals surface area contributed by atoms with Crippen molar-refractivity contribution in [2.75, 3.05) is 36.4 Å². The number of aryl methyl sites for hydroxylation is 2. The minimum atomic E-state index is -1.13. The molecule has 1 aliphatic heterocycles. The Hall–Kier alpha value is -2.89. The number of carbonyl (C=O) groups is 2. The summed E-state index contributed by atoms with van der Waals surface area (Å²) in [5.74, 6) is 0.492. The molecule has 1 aliphatic rings. The lowest BCUT2D eigenvalue weighted by Crippen LogP contribution is -2.54. The van der Waals surface area contributed by atoms with Crippen molar-refractivity contribution < 1.29 is 9.59 Å². The molecule has 0 spiro atoms. The first-order valence-electron chi connectivity index (χ1n) is 9.62. The topological polar surface area (TPSA) is 65.5 Å². The van der Waals surface area contributed by atoms with Gasteiger partial charge in [0.2, 0.25) is 11.8 Å². The highest BCUT2D eigenvalue weighted by molar-refractivity contribution is 6.09. The SMILES string of the molecule is Cc1cc(C)cc(NC(=O)C(C)(C)C(=O)N2CCN(c3ccccn3)CC2)c1. The number of hydrogen-bond acceptors (Lipinski definition) is 4. The molecule has 3 rings (SSSR count). The van der Waals surface area contributed by atoms with Crippen LogP contribution in [-0.4, -0.2) is 47.9 Å². The van der Waals surface area contributed by atoms with Crippen LogP contribution in [-0.2, 0) is 9.59 Å². The molecule has 1 aromatic heterocycles. The molecule has 0 aliphatic carbocycles. The number of nitrogens with one attached hydrogen (secondary N) is 1. The largest absolute Gasteiger partial charge is 0.353 e. The number of piperazine rings is 1. The maximum atomic E-state index is 13.1. The lowest BCUT2D eigenvalue weighted by atomic mass is 9.89. The van der Waals surface area contributed by atoms with E-state index in [1.165, 1.54) is 0 Å². The minimum Gasteiger partial charge on any atom is -0.353 e. The molecule has 6 nitrogen and oxygen atoms in total. The molecule has 28 heavy (non-hydrogen) atoms. The van der Waals surface area contributed by atoms with Crippen LogP contribution in [0.15, 0.2) is 42.6 Å². The highest BCUT2D eigenvalue weighted by atomic mass is 16.2. The van der Waals surface area contributed by atoms with Gasteiger partial charge in [0, 0.05) is 38.1 Å². The van der Waals surface area contributed by atoms with Crippen LogP contribution in [0.2, 0.25) is 0 Å². The van der Waals surface area contributed by atoms with E-state index in [1.807, 2.05) is 50.2 Å². The van der Waals surface area contributed by atoms with Gasteiger partial charge in [-0.2, -0.15) is 0 Å². The van der Waals surface area contributed by atoms with E-state index < -0.39 is 5.41 Å². The number of carbonyl (C=O) groups excluding carboxylic acids is 2. The fraction of sp³-hybridized carbons (Fsp3) is 0.409. The van der Waals surface area contributed by atoms with E-state index in [-0.39, 0.29) is 11.8 Å². The summed E-state index contributed by atoms with van der Waals surface area (Å²) in [6, 6.07) is 11.7. The number of anilines is 2. The van der Waals surface area contributed by atoms with Crippen molar-refractivity contribution in [1.29, 1.82) is 0 Å². The van der Waals surface area contributed by atoms with Crippen LogP contribution in [0.5, 0.6) is 0 Å². The molecule has 2 heterocycles. The van der Waals surface area contributed by atoms with Crippen LogP contribution in [0.1, 0.15) is 25.0 Å². The Morgan fingerprint density at radius 2 is 1.64 bits per heavy atom. The molecule has 6 heteroatoms. The summed E-state index contributed by atoms with van der Waals surface area (Å²) >= 11 is 0. The van der Waals surface area contributed by atoms with Crippen molar-refractivity contribution in [3.63, 3.8) is 0 Å². The van der Waals surface area contributed by atoms with E-state index in [2.05, 4.69) is 15.2 Å². The second-order valence-corrected chi connectivity index (χ2v) is 7.92. The van der Waals surface area contributed by atoms with Crippen LogP contribution in [0, 0.1) is 19.3 Å². The Morgan fingerprint density at radius 1 is 1.00 bits per heavy atom. The molecule has 1 saturated heterocycles. The number of hydrogen-bond donors (Lipinski definition) is 1. The Bertz CT molecular complexity index is 836. The first-order chi connectivity index (χ1) is 13.3. The van der Waals surface area contributed by atoms with Crippen molar-refractivity contribution >= 4 is 23.3 Å². The average Bonchev–Trinajstić information content (AvgIpc) is 2.67. The molecule has 148 valence electrons. The summed E-state index contributed by atoms with van der Waals surface area (Å²) in [6.45, 7) is 9.93. The van der Waals surface area contributed by atoms with Gasteiger partial charge >= 0.3 is 0 Å². The van der Waals surface area contributed by atoms with Crippen molar-refractivity contribution in [2.45, 2.75) is 27.7 Å². The summed E-state index contributed by atoms with van der Waals surface area (Å²) < 4.78 is 0. The third kappa shape index (κ3) is 4.32. The van der Waals surface area contributed by atoms with Crippen LogP contribution < -0.4 is 10.2 Å². The fourth-order valence-corrected chi connectivity index (χ4v) is 3.51. The fourth-order valence-electron chi connectivity index (χ4n) is 3.51. The van der Waals surface area contributed by atoms with E-state index in [0.717, 1.165) is 22.6 Å². The number of amides is 2. The first-order valence-corrected chi connectivity index (χ1v) is 9.62. The van der Waals surface area contributed by atoms with Crippen LogP contribution in [0.25, 0.3) is 0 Å². The zero-order chi connectivity index (χ0) is 20.3. The van der Waals surface area contributed by atoms with E-state index in [9.17, 15) is 9.59 Å². The van der Waals surface area contributed by atoms with E-state index in [4.69, 9.17) is 0 Å². The van der Waals surface area contributed by atoms with Crippen LogP contribution >= 0.6 is 0 Å². The summed E-state index contributed by atoms with van der Waals surface area (Å²) in [5, 5.41) is 2.91. The number of benzene rings is 1. The Morgan fingerprint density at radius 3 is 2.21 bits per heavy atom. The Balaban J connectivity index is 1.63. The number of pyridine rings is 1. The van der Waals surface area contributed by atoms with Crippen molar-refractivity contribution in [1.82, 2.24) is 9.88 Å². The molecule has 1 fully saturated rings. The minimum absolute atomic E-state index is 0.143. The lowest BCUT2D eigenvalue weighted by Gasteiger charge is -2.38. The average molecular weight is 380 g/mol. The Kier molecular flexibility index (Phi) is 5.68. The molecule has 0 saturated carbocycles. The molecule has 0 atom stereocenters. The third-order valence-electron chi connectivity index (χ3n) is 5.12. The number of nitrogens with zero attached hydrogens (tertiary/aromatic N) is 3. The molecule has 1 aromatic carbocycles. The highest BCUT2D eigenvalue weighted by Crippen LogP contribution is 2.24. The summed E-state index contributed by atoms with van der Waals surface area (Å²) in [5.41, 5.74) is 1.74. The van der Waals surface area contributed by atoms with Gasteiger partial charge in [0.25, 0.3) is 0 Å². The van der Waals surface area contributed by atoms with Crippen molar-refractivity contribution in [2.24, 2.45) is 5.41 Å². The van der Waals surface area contributed by atoms with Gasteiger partial charge in [-0.1, -0.05) is 12.1 Å². The zero-order valence-corrected chi connectivity index (χ0v) is 17.0. The number of rotatable bonds is 4. The molecule has 0 bridgehead atoms. The maximum Gasteiger partial charge on any atom is 0.239 e. The van der Waals surface area contributed by atoms with E-state index in [1.54, 1.807) is 24.9 Å². The summed E-state index contributed by atoms with van der Waals surface area (Å²) in [7, 11) is 0. The number of aromatic nitrogens is 1. The standard InChI is InChI=1S/C22H28N4O2/c1-16-13-17(2)15-18(14-16)24-20(27)22(3,4)21(28)26-11-9-25(10-12-26)19-7-5-6-8-23-19/h5-8,13-15H,9-12H2,1-4H3,(H,24,27). The second kappa shape index (κ2) is 8.00. The van der Waals surface area contributed by atoms with Crippen LogP contribution in [0.3, 0.4) is 0 Å². The summed E-state index contributed by atoms with van der Waals surface area (Å²) in [6.07, 6.45) is 1.77. The zero-order valence-electron chi connectivity index (χ0n) is 17.0. The monoisotopic (exact) mass is 380 g/mol. The Labute approximate surface area is 166 Å². The van der Waals surface area contributed by atoms with Gasteiger partial charge < -0.3 is 15.1 Å². The van der Waals surface area contributed by atoms with Gasteiger partial charge in [-0.05, 0) is 63.1 Å². The van der Waals surface area contributed by atoms with Crippen molar-refractivity contribution in [3.8, 4) is 0 Å². The van der Waals surface area contributed by atoms with E-state index in [0.29, 0.717) is 26.2 Å². The van der Waals surface area contributed by atoms with Gasteiger partial charge in [-0.15, -0.1) is 0 Å². The van der Waals surface area contributed by atoms with E-state index >= 15 is 0 Å². The molecule has 1 N–H and O–H groups in total. The maximum absolute atomic E-state index is 13.1. The highest BCUT2D eigenvalue weighted by Gasteiger charge is 2.40. The summed E-state index contributed by atoms with van der Waals surface area (Å²) in [4.78, 5) is 34.2. The predicted octanol–water partition coefficient (Wildman–Crippen LogP) is 3.01. The smallest absolute Gasteiger partial charge is 0.239 e. The van der Waals surface area contributed by atoms with Gasteiger partial charge in [0.05, 0.1) is 0 Å². The molecule has 0 radical (unpaired) electrons. The lowest BCUT2D eigenvalue weighted by molar-refractivity contribution is -0.146. The van der Waals surface area contributed by atoms with Gasteiger partial charge in [0.1, 0.15) is 11.2 Å². The normalized spacial score (nSPS) is 14.7. The molecule has 0 unspecified atom stereocenters. The van der Waals surface area contributed by atoms with Crippen molar-refractivity contribution in [3.05, 3.63) is 53.7 Å². The molecule has 2 amide bonds. The first kappa shape index (κ1) is 19.9. The van der Waals surface area contributed by atoms with Gasteiger partial charge in [-0.25, -0.2) is 4.98 Å². The molecular weight excluding hydrogens is 352 g/mol. The molecular formula is C22H28N4O2. The predicted molar refractivity (Wildman–Crippen MR) is 111 cm³/mol. The van der Waals surface area contributed by atoms with Crippen LogP contribution in [0.4, 0.5) is 11.5 Å².